The predicted octanol–water partition coefficient (Wildman–Crippen LogP) is 4.33. The van der Waals surface area contributed by atoms with Crippen LogP contribution in [0.25, 0.3) is 0 Å². The van der Waals surface area contributed by atoms with E-state index >= 15 is 0 Å². The van der Waals surface area contributed by atoms with Gasteiger partial charge in [-0.3, -0.25) is 9.55 Å². The van der Waals surface area contributed by atoms with E-state index in [-0.39, 0.29) is 31.4 Å². The summed E-state index contributed by atoms with van der Waals surface area (Å²) in [6.45, 7) is 3.91. The van der Waals surface area contributed by atoms with Gasteiger partial charge in [-0.1, -0.05) is 23.7 Å². The van der Waals surface area contributed by atoms with Gasteiger partial charge in [0.05, 0.1) is 32.1 Å². The molecule has 202 valence electrons. The minimum atomic E-state index is -0.799. The van der Waals surface area contributed by atoms with Crippen molar-refractivity contribution in [3.63, 3.8) is 0 Å². The lowest BCUT2D eigenvalue weighted by Gasteiger charge is -2.19. The van der Waals surface area contributed by atoms with Crippen molar-refractivity contribution in [3.8, 4) is 11.5 Å². The maximum atomic E-state index is 13.6. The molecule has 0 unspecified atom stereocenters. The zero-order valence-electron chi connectivity index (χ0n) is 21.1. The van der Waals surface area contributed by atoms with Crippen LogP contribution in [0.15, 0.2) is 76.6 Å². The number of aromatic nitrogens is 4. The fourth-order valence-corrected chi connectivity index (χ4v) is 4.20. The number of halogens is 2. The molecule has 0 radical (unpaired) electrons. The Labute approximate surface area is 227 Å². The molecule has 1 aliphatic heterocycles. The SMILES string of the molecule is CC1(C)OC[C@H](Cn2c(=O)nc(Nc3ccc(Oc4cncc(F)c4)cc3)n(Cc3ccc(Cl)cc3)c2=O)O1. The summed E-state index contributed by atoms with van der Waals surface area (Å²) in [4.78, 5) is 34.5. The summed E-state index contributed by atoms with van der Waals surface area (Å²) in [5, 5.41) is 3.61. The van der Waals surface area contributed by atoms with Crippen molar-refractivity contribution in [3.05, 3.63) is 104 Å². The van der Waals surface area contributed by atoms with Crippen molar-refractivity contribution in [1.82, 2.24) is 19.1 Å². The van der Waals surface area contributed by atoms with Gasteiger partial charge in [-0.2, -0.15) is 4.98 Å². The standard InChI is InChI=1S/C27H25ClFN5O5/c1-27(2)37-16-23(39-27)15-34-25(35)32-24(33(26(34)36)14-17-3-5-18(28)6-4-17)31-20-7-9-21(10-8-20)38-22-11-19(29)12-30-13-22/h3-13,23H,14-16H2,1-2H3,(H,31,32,35)/t23-/m0/s1. The summed E-state index contributed by atoms with van der Waals surface area (Å²) >= 11 is 6.02. The summed E-state index contributed by atoms with van der Waals surface area (Å²) in [5.41, 5.74) is 0.0505. The van der Waals surface area contributed by atoms with Gasteiger partial charge in [0.15, 0.2) is 5.79 Å². The van der Waals surface area contributed by atoms with E-state index in [2.05, 4.69) is 15.3 Å². The lowest BCUT2D eigenvalue weighted by molar-refractivity contribution is -0.139. The minimum absolute atomic E-state index is 0.00400. The highest BCUT2D eigenvalue weighted by Crippen LogP contribution is 2.25. The third kappa shape index (κ3) is 6.51. The van der Waals surface area contributed by atoms with Crippen LogP contribution in [0.5, 0.6) is 11.5 Å². The molecule has 0 saturated carbocycles. The Morgan fingerprint density at radius 2 is 1.82 bits per heavy atom. The Morgan fingerprint density at radius 3 is 2.49 bits per heavy atom. The van der Waals surface area contributed by atoms with Gasteiger partial charge in [0.1, 0.15) is 23.4 Å². The van der Waals surface area contributed by atoms with Gasteiger partial charge >= 0.3 is 11.4 Å². The molecule has 5 rings (SSSR count). The second-order valence-electron chi connectivity index (χ2n) is 9.36. The average Bonchev–Trinajstić information content (AvgIpc) is 3.24. The van der Waals surface area contributed by atoms with Crippen molar-refractivity contribution >= 4 is 23.2 Å². The zero-order valence-corrected chi connectivity index (χ0v) is 21.9. The van der Waals surface area contributed by atoms with Crippen LogP contribution >= 0.6 is 11.6 Å². The first-order chi connectivity index (χ1) is 18.6. The first-order valence-corrected chi connectivity index (χ1v) is 12.5. The number of benzene rings is 2. The molecule has 39 heavy (non-hydrogen) atoms. The van der Waals surface area contributed by atoms with Crippen LogP contribution in [0.1, 0.15) is 19.4 Å². The van der Waals surface area contributed by atoms with Crippen LogP contribution in [0.3, 0.4) is 0 Å². The summed E-state index contributed by atoms with van der Waals surface area (Å²) in [7, 11) is 0. The third-order valence-electron chi connectivity index (χ3n) is 5.88. The van der Waals surface area contributed by atoms with Crippen LogP contribution in [0.2, 0.25) is 5.02 Å². The molecule has 0 bridgehead atoms. The molecule has 10 nitrogen and oxygen atoms in total. The highest BCUT2D eigenvalue weighted by atomic mass is 35.5. The Kier molecular flexibility index (Phi) is 7.47. The number of hydrogen-bond acceptors (Lipinski definition) is 8. The molecule has 0 aliphatic carbocycles. The van der Waals surface area contributed by atoms with E-state index in [0.717, 1.165) is 16.3 Å². The van der Waals surface area contributed by atoms with Gasteiger partial charge in [0, 0.05) is 16.8 Å². The van der Waals surface area contributed by atoms with Gasteiger partial charge < -0.3 is 19.5 Å². The fraction of sp³-hybridized carbons (Fsp3) is 0.259. The van der Waals surface area contributed by atoms with Crippen LogP contribution < -0.4 is 21.4 Å². The molecular formula is C27H25ClFN5O5. The topological polar surface area (TPSA) is 110 Å². The predicted molar refractivity (Wildman–Crippen MR) is 142 cm³/mol. The molecule has 1 atom stereocenters. The molecule has 2 aromatic carbocycles. The van der Waals surface area contributed by atoms with E-state index in [1.54, 1.807) is 62.4 Å². The molecule has 1 fully saturated rings. The molecule has 1 saturated heterocycles. The van der Waals surface area contributed by atoms with Crippen molar-refractivity contribution in [2.75, 3.05) is 11.9 Å². The van der Waals surface area contributed by atoms with E-state index in [1.165, 1.54) is 16.8 Å². The van der Waals surface area contributed by atoms with E-state index in [1.807, 2.05) is 0 Å². The number of ether oxygens (including phenoxy) is 3. The van der Waals surface area contributed by atoms with Crippen molar-refractivity contribution in [2.45, 2.75) is 38.8 Å². The van der Waals surface area contributed by atoms with Crippen LogP contribution in [0.4, 0.5) is 16.0 Å². The summed E-state index contributed by atoms with van der Waals surface area (Å²) in [6.07, 6.45) is 2.00. The summed E-state index contributed by atoms with van der Waals surface area (Å²) in [5.74, 6) is -0.564. The first-order valence-electron chi connectivity index (χ1n) is 12.1. The lowest BCUT2D eigenvalue weighted by atomic mass is 10.2. The lowest BCUT2D eigenvalue weighted by Crippen LogP contribution is -2.45. The molecule has 1 aliphatic rings. The van der Waals surface area contributed by atoms with Gasteiger partial charge in [0.25, 0.3) is 0 Å². The third-order valence-corrected chi connectivity index (χ3v) is 6.14. The molecule has 4 aromatic rings. The average molecular weight is 554 g/mol. The second-order valence-corrected chi connectivity index (χ2v) is 9.80. The Bertz CT molecular complexity index is 1590. The number of hydrogen-bond donors (Lipinski definition) is 1. The van der Waals surface area contributed by atoms with Crippen molar-refractivity contribution < 1.29 is 18.6 Å². The first kappa shape index (κ1) is 26.5. The highest BCUT2D eigenvalue weighted by Gasteiger charge is 2.33. The normalized spacial score (nSPS) is 16.3. The molecule has 0 amide bonds. The van der Waals surface area contributed by atoms with Gasteiger partial charge in [-0.05, 0) is 55.8 Å². The van der Waals surface area contributed by atoms with Crippen LogP contribution in [-0.4, -0.2) is 37.6 Å². The molecular weight excluding hydrogens is 529 g/mol. The molecule has 1 N–H and O–H groups in total. The van der Waals surface area contributed by atoms with Gasteiger partial charge in [-0.15, -0.1) is 0 Å². The van der Waals surface area contributed by atoms with Crippen molar-refractivity contribution in [2.24, 2.45) is 0 Å². The monoisotopic (exact) mass is 553 g/mol. The molecule has 2 aromatic heterocycles. The zero-order chi connectivity index (χ0) is 27.6. The summed E-state index contributed by atoms with van der Waals surface area (Å²) in [6, 6.07) is 14.9. The fourth-order valence-electron chi connectivity index (χ4n) is 4.07. The Morgan fingerprint density at radius 1 is 1.08 bits per heavy atom. The van der Waals surface area contributed by atoms with E-state index in [4.69, 9.17) is 25.8 Å². The largest absolute Gasteiger partial charge is 0.456 e. The van der Waals surface area contributed by atoms with E-state index < -0.39 is 29.1 Å². The number of anilines is 2. The van der Waals surface area contributed by atoms with E-state index in [9.17, 15) is 14.0 Å². The maximum absolute atomic E-state index is 13.6. The van der Waals surface area contributed by atoms with E-state index in [0.29, 0.717) is 16.5 Å². The maximum Gasteiger partial charge on any atom is 0.355 e. The Balaban J connectivity index is 1.43. The second kappa shape index (κ2) is 11.0. The number of rotatable bonds is 8. The quantitative estimate of drug-likeness (QED) is 0.343. The Hall–Kier alpha value is -4.06. The van der Waals surface area contributed by atoms with Crippen molar-refractivity contribution in [1.29, 1.82) is 0 Å². The molecule has 3 heterocycles. The number of nitrogens with one attached hydrogen (secondary N) is 1. The van der Waals surface area contributed by atoms with Gasteiger partial charge in [-0.25, -0.2) is 18.5 Å². The number of nitrogens with zero attached hydrogens (tertiary/aromatic N) is 4. The number of pyridine rings is 1. The smallest absolute Gasteiger partial charge is 0.355 e. The molecule has 12 heteroatoms. The highest BCUT2D eigenvalue weighted by molar-refractivity contribution is 6.30. The molecule has 0 spiro atoms. The van der Waals surface area contributed by atoms with Crippen LogP contribution in [-0.2, 0) is 22.6 Å². The van der Waals surface area contributed by atoms with Crippen LogP contribution in [0, 0.1) is 5.82 Å². The summed E-state index contributed by atoms with van der Waals surface area (Å²) < 4.78 is 32.8. The minimum Gasteiger partial charge on any atom is -0.456 e. The van der Waals surface area contributed by atoms with Gasteiger partial charge in [0.2, 0.25) is 5.95 Å².